The van der Waals surface area contributed by atoms with Crippen LogP contribution in [0.2, 0.25) is 0 Å². The molecule has 2 aromatic carbocycles. The topological polar surface area (TPSA) is 117 Å². The second-order valence-electron chi connectivity index (χ2n) is 5.98. The molecule has 0 aliphatic carbocycles. The molecule has 3 N–H and O–H groups in total. The van der Waals surface area contributed by atoms with Crippen molar-refractivity contribution >= 4 is 45.7 Å². The molecule has 0 atom stereocenters. The van der Waals surface area contributed by atoms with Crippen LogP contribution in [0.4, 0.5) is 17.3 Å². The predicted octanol–water partition coefficient (Wildman–Crippen LogP) is 3.68. The third-order valence-corrected chi connectivity index (χ3v) is 4.15. The number of rotatable bonds is 5. The highest BCUT2D eigenvalue weighted by atomic mass is 16.6. The molecule has 0 spiro atoms. The minimum absolute atomic E-state index is 0.295. The number of aromatic nitrogens is 5. The summed E-state index contributed by atoms with van der Waals surface area (Å²) in [6.45, 7) is 0. The highest BCUT2D eigenvalue weighted by Gasteiger charge is 2.12. The fourth-order valence-electron chi connectivity index (χ4n) is 2.82. The molecule has 9 nitrogen and oxygen atoms in total. The van der Waals surface area contributed by atoms with Crippen molar-refractivity contribution in [3.63, 3.8) is 0 Å². The van der Waals surface area contributed by atoms with Crippen molar-refractivity contribution in [3.8, 4) is 0 Å². The standard InChI is InChI=1S/C19H14N8O/c1-2-6-13(7-3-1)22-16-17(24-19-18(23-16)26-28-27-19)25-21-11-12-10-20-15-9-5-4-8-14(12)15/h1-11,20H,(H,22,23,26)(H,24,25,27). The van der Waals surface area contributed by atoms with Crippen LogP contribution in [-0.2, 0) is 0 Å². The Balaban J connectivity index is 1.46. The Morgan fingerprint density at radius 1 is 0.893 bits per heavy atom. The van der Waals surface area contributed by atoms with Crippen LogP contribution in [0.5, 0.6) is 0 Å². The number of anilines is 3. The van der Waals surface area contributed by atoms with E-state index in [0.717, 1.165) is 22.2 Å². The van der Waals surface area contributed by atoms with E-state index >= 15 is 0 Å². The summed E-state index contributed by atoms with van der Waals surface area (Å²) in [7, 11) is 0. The van der Waals surface area contributed by atoms with Crippen molar-refractivity contribution in [2.45, 2.75) is 0 Å². The first-order chi connectivity index (χ1) is 13.9. The number of hydrogen-bond acceptors (Lipinski definition) is 8. The molecule has 0 saturated carbocycles. The van der Waals surface area contributed by atoms with Crippen molar-refractivity contribution in [3.05, 3.63) is 66.4 Å². The van der Waals surface area contributed by atoms with Gasteiger partial charge in [0.2, 0.25) is 11.3 Å². The molecule has 0 fully saturated rings. The quantitative estimate of drug-likeness (QED) is 0.319. The Kier molecular flexibility index (Phi) is 3.87. The van der Waals surface area contributed by atoms with Gasteiger partial charge in [-0.15, -0.1) is 0 Å². The maximum atomic E-state index is 4.71. The number of hydrogen-bond donors (Lipinski definition) is 3. The van der Waals surface area contributed by atoms with E-state index in [4.69, 9.17) is 4.63 Å². The summed E-state index contributed by atoms with van der Waals surface area (Å²) in [5.74, 6) is 0.869. The van der Waals surface area contributed by atoms with E-state index in [1.54, 1.807) is 6.21 Å². The van der Waals surface area contributed by atoms with Gasteiger partial charge in [0.15, 0.2) is 11.6 Å². The van der Waals surface area contributed by atoms with Gasteiger partial charge >= 0.3 is 0 Å². The Bertz CT molecular complexity index is 1280. The van der Waals surface area contributed by atoms with Crippen LogP contribution in [-0.4, -0.2) is 31.5 Å². The van der Waals surface area contributed by atoms with Crippen LogP contribution in [0.3, 0.4) is 0 Å². The Morgan fingerprint density at radius 2 is 1.64 bits per heavy atom. The third kappa shape index (κ3) is 3.01. The molecular formula is C19H14N8O. The lowest BCUT2D eigenvalue weighted by Gasteiger charge is -2.08. The fourth-order valence-corrected chi connectivity index (χ4v) is 2.82. The molecule has 28 heavy (non-hydrogen) atoms. The van der Waals surface area contributed by atoms with Crippen LogP contribution < -0.4 is 10.7 Å². The number of para-hydroxylation sites is 2. The van der Waals surface area contributed by atoms with E-state index in [1.165, 1.54) is 0 Å². The van der Waals surface area contributed by atoms with Crippen LogP contribution in [0.25, 0.3) is 22.2 Å². The maximum Gasteiger partial charge on any atom is 0.245 e. The zero-order chi connectivity index (χ0) is 18.8. The van der Waals surface area contributed by atoms with Crippen LogP contribution in [0.15, 0.2) is 70.5 Å². The second kappa shape index (κ2) is 6.80. The molecule has 3 heterocycles. The minimum atomic E-state index is 0.295. The number of nitrogens with one attached hydrogen (secondary N) is 3. The van der Waals surface area contributed by atoms with Crippen LogP contribution in [0.1, 0.15) is 5.56 Å². The van der Waals surface area contributed by atoms with Gasteiger partial charge in [-0.1, -0.05) is 36.4 Å². The van der Waals surface area contributed by atoms with Gasteiger partial charge in [0.1, 0.15) is 0 Å². The molecule has 0 saturated heterocycles. The summed E-state index contributed by atoms with van der Waals surface area (Å²) in [4.78, 5) is 12.0. The van der Waals surface area contributed by atoms with E-state index in [1.807, 2.05) is 60.8 Å². The molecule has 0 aliphatic heterocycles. The number of H-pyrrole nitrogens is 1. The second-order valence-corrected chi connectivity index (χ2v) is 5.98. The van der Waals surface area contributed by atoms with Gasteiger partial charge in [-0.3, -0.25) is 5.43 Å². The van der Waals surface area contributed by atoms with E-state index in [-0.39, 0.29) is 0 Å². The Labute approximate surface area is 158 Å². The number of benzene rings is 2. The van der Waals surface area contributed by atoms with Crippen LogP contribution in [0, 0.1) is 0 Å². The fraction of sp³-hybridized carbons (Fsp3) is 0. The van der Waals surface area contributed by atoms with Crippen molar-refractivity contribution < 1.29 is 4.63 Å². The lowest BCUT2D eigenvalue weighted by atomic mass is 10.2. The van der Waals surface area contributed by atoms with Gasteiger partial charge in [-0.25, -0.2) is 9.61 Å². The smallest absolute Gasteiger partial charge is 0.245 e. The number of nitrogens with zero attached hydrogens (tertiary/aromatic N) is 5. The SMILES string of the molecule is C(=NNc1nc2nonc2nc1Nc1ccccc1)c1c[nH]c2ccccc12. The first-order valence-electron chi connectivity index (χ1n) is 8.54. The highest BCUT2D eigenvalue weighted by molar-refractivity contribution is 5.99. The summed E-state index contributed by atoms with van der Waals surface area (Å²) in [6.07, 6.45) is 3.62. The number of hydrazone groups is 1. The number of aromatic amines is 1. The molecule has 0 amide bonds. The van der Waals surface area contributed by atoms with E-state index < -0.39 is 0 Å². The summed E-state index contributed by atoms with van der Waals surface area (Å²) in [5, 5.41) is 16.1. The van der Waals surface area contributed by atoms with E-state index in [0.29, 0.717) is 22.9 Å². The monoisotopic (exact) mass is 370 g/mol. The maximum absolute atomic E-state index is 4.71. The molecule has 3 aromatic heterocycles. The number of fused-ring (bicyclic) bond motifs is 2. The normalized spacial score (nSPS) is 11.4. The zero-order valence-electron chi connectivity index (χ0n) is 14.5. The summed E-state index contributed by atoms with van der Waals surface area (Å²) >= 11 is 0. The summed E-state index contributed by atoms with van der Waals surface area (Å²) < 4.78 is 4.71. The van der Waals surface area contributed by atoms with Crippen molar-refractivity contribution in [1.82, 2.24) is 25.3 Å². The zero-order valence-corrected chi connectivity index (χ0v) is 14.5. The lowest BCUT2D eigenvalue weighted by Crippen LogP contribution is -2.03. The average Bonchev–Trinajstić information content (AvgIpc) is 3.35. The van der Waals surface area contributed by atoms with Gasteiger partial charge < -0.3 is 10.3 Å². The molecule has 5 aromatic rings. The highest BCUT2D eigenvalue weighted by Crippen LogP contribution is 2.23. The molecule has 0 aliphatic rings. The molecule has 0 radical (unpaired) electrons. The summed E-state index contributed by atoms with van der Waals surface area (Å²) in [5.41, 5.74) is 6.39. The van der Waals surface area contributed by atoms with Gasteiger partial charge in [0, 0.05) is 28.4 Å². The molecule has 136 valence electrons. The summed E-state index contributed by atoms with van der Waals surface area (Å²) in [6, 6.07) is 17.6. The first kappa shape index (κ1) is 15.9. The van der Waals surface area contributed by atoms with Gasteiger partial charge in [0.25, 0.3) is 0 Å². The average molecular weight is 370 g/mol. The molecule has 5 rings (SSSR count). The van der Waals surface area contributed by atoms with Crippen molar-refractivity contribution in [1.29, 1.82) is 0 Å². The Hall–Kier alpha value is -4.27. The lowest BCUT2D eigenvalue weighted by molar-refractivity contribution is 0.314. The van der Waals surface area contributed by atoms with Crippen molar-refractivity contribution in [2.24, 2.45) is 5.10 Å². The molecule has 0 bridgehead atoms. The van der Waals surface area contributed by atoms with Gasteiger partial charge in [-0.2, -0.15) is 10.1 Å². The Morgan fingerprint density at radius 3 is 2.50 bits per heavy atom. The molecule has 0 unspecified atom stereocenters. The van der Waals surface area contributed by atoms with E-state index in [9.17, 15) is 0 Å². The first-order valence-corrected chi connectivity index (χ1v) is 8.54. The van der Waals surface area contributed by atoms with Crippen molar-refractivity contribution in [2.75, 3.05) is 10.7 Å². The van der Waals surface area contributed by atoms with Gasteiger partial charge in [0.05, 0.1) is 6.21 Å². The predicted molar refractivity (Wildman–Crippen MR) is 107 cm³/mol. The van der Waals surface area contributed by atoms with Gasteiger partial charge in [-0.05, 0) is 28.5 Å². The molecule has 9 heteroatoms. The third-order valence-electron chi connectivity index (χ3n) is 4.15. The largest absolute Gasteiger partial charge is 0.361 e. The minimum Gasteiger partial charge on any atom is -0.361 e. The van der Waals surface area contributed by atoms with E-state index in [2.05, 4.69) is 41.1 Å². The molecular weight excluding hydrogens is 356 g/mol. The van der Waals surface area contributed by atoms with Crippen LogP contribution >= 0.6 is 0 Å².